The molecule has 2 aromatic rings. The molecule has 2 N–H and O–H groups in total. The van der Waals surface area contributed by atoms with E-state index in [1.165, 1.54) is 5.56 Å². The van der Waals surface area contributed by atoms with Gasteiger partial charge in [-0.1, -0.05) is 24.3 Å². The number of benzene rings is 1. The largest absolute Gasteiger partial charge is 0.397 e. The van der Waals surface area contributed by atoms with Gasteiger partial charge in [0, 0.05) is 38.3 Å². The normalized spacial score (nSPS) is 17.0. The fourth-order valence-electron chi connectivity index (χ4n) is 2.63. The van der Waals surface area contributed by atoms with Crippen LogP contribution in [0.25, 0.3) is 11.1 Å². The summed E-state index contributed by atoms with van der Waals surface area (Å²) in [7, 11) is 2.18. The number of hydrogen-bond acceptors (Lipinski definition) is 5. The van der Waals surface area contributed by atoms with Gasteiger partial charge in [0.25, 0.3) is 0 Å². The van der Waals surface area contributed by atoms with E-state index < -0.39 is 0 Å². The number of nitrogen functional groups attached to an aromatic ring is 1. The summed E-state index contributed by atoms with van der Waals surface area (Å²) in [5.41, 5.74) is 9.97. The highest BCUT2D eigenvalue weighted by Crippen LogP contribution is 2.24. The number of hydrogen-bond donors (Lipinski definition) is 1. The second kappa shape index (κ2) is 6.20. The maximum atomic E-state index is 5.94. The van der Waals surface area contributed by atoms with Crippen LogP contribution in [0.3, 0.4) is 0 Å². The van der Waals surface area contributed by atoms with Gasteiger partial charge in [0.15, 0.2) is 0 Å². The first-order chi connectivity index (χ1) is 10.2. The lowest BCUT2D eigenvalue weighted by atomic mass is 10.0. The molecule has 0 bridgehead atoms. The van der Waals surface area contributed by atoms with Crippen molar-refractivity contribution >= 4 is 5.69 Å². The average molecular weight is 283 g/mol. The molecule has 0 saturated carbocycles. The van der Waals surface area contributed by atoms with Crippen LogP contribution in [-0.4, -0.2) is 53.2 Å². The molecule has 1 aliphatic heterocycles. The van der Waals surface area contributed by atoms with Gasteiger partial charge in [-0.3, -0.25) is 4.90 Å². The summed E-state index contributed by atoms with van der Waals surface area (Å²) in [6, 6.07) is 8.57. The van der Waals surface area contributed by atoms with E-state index in [1.807, 2.05) is 0 Å². The molecule has 0 aliphatic carbocycles. The maximum absolute atomic E-state index is 5.94. The molecule has 1 aromatic carbocycles. The Hall–Kier alpha value is -1.98. The molecule has 1 aliphatic rings. The van der Waals surface area contributed by atoms with Crippen LogP contribution in [0.5, 0.6) is 0 Å². The van der Waals surface area contributed by atoms with Crippen molar-refractivity contribution in [2.45, 2.75) is 6.54 Å². The summed E-state index contributed by atoms with van der Waals surface area (Å²) in [5.74, 6) is 0. The molecule has 0 spiro atoms. The van der Waals surface area contributed by atoms with Gasteiger partial charge in [-0.2, -0.15) is 10.2 Å². The van der Waals surface area contributed by atoms with Crippen molar-refractivity contribution in [3.8, 4) is 11.1 Å². The lowest BCUT2D eigenvalue weighted by Crippen LogP contribution is -2.43. The molecule has 0 unspecified atom stereocenters. The molecule has 2 heterocycles. The zero-order valence-corrected chi connectivity index (χ0v) is 12.4. The summed E-state index contributed by atoms with van der Waals surface area (Å²) in [4.78, 5) is 4.87. The fourth-order valence-corrected chi connectivity index (χ4v) is 2.63. The van der Waals surface area contributed by atoms with Crippen molar-refractivity contribution in [3.63, 3.8) is 0 Å². The third-order valence-electron chi connectivity index (χ3n) is 4.03. The molecular formula is C16H21N5. The van der Waals surface area contributed by atoms with Crippen LogP contribution < -0.4 is 5.73 Å². The van der Waals surface area contributed by atoms with E-state index in [0.717, 1.165) is 43.9 Å². The molecule has 3 rings (SSSR count). The molecule has 110 valence electrons. The van der Waals surface area contributed by atoms with E-state index in [0.29, 0.717) is 5.69 Å². The van der Waals surface area contributed by atoms with Crippen molar-refractivity contribution in [2.24, 2.45) is 0 Å². The highest BCUT2D eigenvalue weighted by Gasteiger charge is 2.13. The first kappa shape index (κ1) is 14.0. The Bertz CT molecular complexity index is 588. The lowest BCUT2D eigenvalue weighted by molar-refractivity contribution is 0.148. The Morgan fingerprint density at radius 3 is 2.33 bits per heavy atom. The van der Waals surface area contributed by atoms with E-state index >= 15 is 0 Å². The smallest absolute Gasteiger partial charge is 0.0732 e. The van der Waals surface area contributed by atoms with Crippen LogP contribution in [-0.2, 0) is 6.54 Å². The topological polar surface area (TPSA) is 58.3 Å². The van der Waals surface area contributed by atoms with Crippen molar-refractivity contribution < 1.29 is 0 Å². The lowest BCUT2D eigenvalue weighted by Gasteiger charge is -2.32. The van der Waals surface area contributed by atoms with Crippen LogP contribution >= 0.6 is 0 Å². The minimum Gasteiger partial charge on any atom is -0.397 e. The van der Waals surface area contributed by atoms with Gasteiger partial charge in [-0.05, 0) is 18.2 Å². The summed E-state index contributed by atoms with van der Waals surface area (Å²) in [6.07, 6.45) is 3.30. The molecular weight excluding hydrogens is 262 g/mol. The second-order valence-corrected chi connectivity index (χ2v) is 5.63. The molecule has 0 amide bonds. The van der Waals surface area contributed by atoms with Gasteiger partial charge in [0.05, 0.1) is 18.1 Å². The van der Waals surface area contributed by atoms with Crippen LogP contribution in [0.4, 0.5) is 5.69 Å². The quantitative estimate of drug-likeness (QED) is 0.924. The second-order valence-electron chi connectivity index (χ2n) is 5.63. The number of anilines is 1. The number of likely N-dealkylation sites (N-methyl/N-ethyl adjacent to an activating group) is 1. The highest BCUT2D eigenvalue weighted by molar-refractivity contribution is 5.74. The SMILES string of the molecule is CN1CCN(Cc2ccc(-c3cnncc3N)cc2)CC1. The van der Waals surface area contributed by atoms with Crippen LogP contribution in [0.2, 0.25) is 0 Å². The molecule has 5 heteroatoms. The van der Waals surface area contributed by atoms with Crippen molar-refractivity contribution in [1.29, 1.82) is 0 Å². The van der Waals surface area contributed by atoms with Crippen molar-refractivity contribution in [2.75, 3.05) is 39.0 Å². The van der Waals surface area contributed by atoms with E-state index in [2.05, 4.69) is 51.3 Å². The van der Waals surface area contributed by atoms with E-state index in [-0.39, 0.29) is 0 Å². The van der Waals surface area contributed by atoms with Gasteiger partial charge in [-0.15, -0.1) is 0 Å². The van der Waals surface area contributed by atoms with Crippen LogP contribution in [0, 0.1) is 0 Å². The minimum atomic E-state index is 0.664. The predicted molar refractivity (Wildman–Crippen MR) is 84.7 cm³/mol. The van der Waals surface area contributed by atoms with Crippen LogP contribution in [0.1, 0.15) is 5.56 Å². The van der Waals surface area contributed by atoms with Gasteiger partial charge >= 0.3 is 0 Å². The van der Waals surface area contributed by atoms with Crippen molar-refractivity contribution in [3.05, 3.63) is 42.2 Å². The minimum absolute atomic E-state index is 0.664. The summed E-state index contributed by atoms with van der Waals surface area (Å²) in [6.45, 7) is 5.59. The number of nitrogens with zero attached hydrogens (tertiary/aromatic N) is 4. The molecule has 1 aromatic heterocycles. The molecule has 1 fully saturated rings. The number of piperazine rings is 1. The summed E-state index contributed by atoms with van der Waals surface area (Å²) >= 11 is 0. The molecule has 5 nitrogen and oxygen atoms in total. The summed E-state index contributed by atoms with van der Waals surface area (Å²) < 4.78 is 0. The standard InChI is InChI=1S/C16H21N5/c1-20-6-8-21(9-7-20)12-13-2-4-14(5-3-13)15-10-18-19-11-16(15)17/h2-5,10-11H,6-9,12H2,1H3,(H2,17,18). The Balaban J connectivity index is 1.68. The maximum Gasteiger partial charge on any atom is 0.0732 e. The number of rotatable bonds is 3. The van der Waals surface area contributed by atoms with Crippen molar-refractivity contribution in [1.82, 2.24) is 20.0 Å². The predicted octanol–water partition coefficient (Wildman–Crippen LogP) is 1.47. The van der Waals surface area contributed by atoms with E-state index in [9.17, 15) is 0 Å². The Morgan fingerprint density at radius 2 is 1.67 bits per heavy atom. The first-order valence-corrected chi connectivity index (χ1v) is 7.29. The van der Waals surface area contributed by atoms with Gasteiger partial charge in [-0.25, -0.2) is 0 Å². The molecule has 0 atom stereocenters. The van der Waals surface area contributed by atoms with Gasteiger partial charge in [0.1, 0.15) is 0 Å². The first-order valence-electron chi connectivity index (χ1n) is 7.29. The third kappa shape index (κ3) is 3.37. The average Bonchev–Trinajstić information content (AvgIpc) is 2.51. The number of aromatic nitrogens is 2. The monoisotopic (exact) mass is 283 g/mol. The van der Waals surface area contributed by atoms with Gasteiger partial charge < -0.3 is 10.6 Å². The Labute approximate surface area is 125 Å². The van der Waals surface area contributed by atoms with E-state index in [4.69, 9.17) is 5.73 Å². The Kier molecular flexibility index (Phi) is 4.13. The molecule has 0 radical (unpaired) electrons. The third-order valence-corrected chi connectivity index (χ3v) is 4.03. The van der Waals surface area contributed by atoms with Crippen LogP contribution in [0.15, 0.2) is 36.7 Å². The Morgan fingerprint density at radius 1 is 1.00 bits per heavy atom. The number of nitrogens with two attached hydrogens (primary N) is 1. The highest BCUT2D eigenvalue weighted by atomic mass is 15.2. The zero-order valence-electron chi connectivity index (χ0n) is 12.4. The van der Waals surface area contributed by atoms with E-state index in [1.54, 1.807) is 12.4 Å². The fraction of sp³-hybridized carbons (Fsp3) is 0.375. The summed E-state index contributed by atoms with van der Waals surface area (Å²) in [5, 5.41) is 7.69. The zero-order chi connectivity index (χ0) is 14.7. The molecule has 1 saturated heterocycles. The molecule has 21 heavy (non-hydrogen) atoms. The van der Waals surface area contributed by atoms with Gasteiger partial charge in [0.2, 0.25) is 0 Å².